The van der Waals surface area contributed by atoms with Crippen LogP contribution in [0.5, 0.6) is 0 Å². The summed E-state index contributed by atoms with van der Waals surface area (Å²) in [5.74, 6) is 2.88. The fourth-order valence-corrected chi connectivity index (χ4v) is 9.98. The third kappa shape index (κ3) is 5.18. The summed E-state index contributed by atoms with van der Waals surface area (Å²) in [5.41, 5.74) is 10.8. The van der Waals surface area contributed by atoms with Crippen LogP contribution < -0.4 is 4.90 Å². The normalized spacial score (nSPS) is 15.6. The highest BCUT2D eigenvalue weighted by atomic mass is 32.1. The molecule has 57 heavy (non-hydrogen) atoms. The second kappa shape index (κ2) is 12.7. The number of furan rings is 1. The molecule has 0 bridgehead atoms. The van der Waals surface area contributed by atoms with E-state index in [0.29, 0.717) is 17.5 Å². The van der Waals surface area contributed by atoms with Gasteiger partial charge in [0.05, 0.1) is 6.04 Å². The van der Waals surface area contributed by atoms with Gasteiger partial charge in [0.2, 0.25) is 0 Å². The van der Waals surface area contributed by atoms with Crippen molar-refractivity contribution in [2.45, 2.75) is 12.0 Å². The van der Waals surface area contributed by atoms with Crippen molar-refractivity contribution < 1.29 is 4.42 Å². The van der Waals surface area contributed by atoms with Crippen molar-refractivity contribution in [1.29, 1.82) is 0 Å². The summed E-state index contributed by atoms with van der Waals surface area (Å²) in [7, 11) is 0. The summed E-state index contributed by atoms with van der Waals surface area (Å²) >= 11 is 1.81. The highest BCUT2D eigenvalue weighted by Crippen LogP contribution is 2.53. The zero-order valence-electron chi connectivity index (χ0n) is 30.6. The van der Waals surface area contributed by atoms with Crippen LogP contribution in [0.25, 0.3) is 82.5 Å². The molecule has 5 nitrogen and oxygen atoms in total. The summed E-state index contributed by atoms with van der Waals surface area (Å²) in [6, 6.07) is 60.0. The summed E-state index contributed by atoms with van der Waals surface area (Å²) in [6.07, 6.45) is 4.45. The minimum absolute atomic E-state index is 0.0928. The fraction of sp³-hybridized carbons (Fsp3) is 0.0392. The first-order valence-electron chi connectivity index (χ1n) is 19.3. The maximum atomic E-state index is 6.60. The SMILES string of the molecule is C1=CC2C(c3ccccc3N2c2ccccc2)c2c1oc1ccc(-c3nc(-c4cccc(-c5ccccc5)c4)nc(-c4ccc5sc6ccccc6c5c4)n3)cc21. The topological polar surface area (TPSA) is 55.1 Å². The largest absolute Gasteiger partial charge is 0.456 e. The lowest BCUT2D eigenvalue weighted by Gasteiger charge is -2.30. The minimum Gasteiger partial charge on any atom is -0.456 e. The van der Waals surface area contributed by atoms with E-state index >= 15 is 0 Å². The second-order valence-corrected chi connectivity index (χ2v) is 15.8. The first-order valence-corrected chi connectivity index (χ1v) is 20.1. The molecule has 2 atom stereocenters. The average molecular weight is 749 g/mol. The Kier molecular flexibility index (Phi) is 7.16. The highest BCUT2D eigenvalue weighted by Gasteiger charge is 2.43. The van der Waals surface area contributed by atoms with E-state index in [9.17, 15) is 0 Å². The van der Waals surface area contributed by atoms with E-state index in [1.54, 1.807) is 0 Å². The summed E-state index contributed by atoms with van der Waals surface area (Å²) < 4.78 is 9.11. The van der Waals surface area contributed by atoms with Crippen LogP contribution in [-0.4, -0.2) is 21.0 Å². The van der Waals surface area contributed by atoms with E-state index in [-0.39, 0.29) is 12.0 Å². The van der Waals surface area contributed by atoms with Crippen LogP contribution in [0.3, 0.4) is 0 Å². The third-order valence-electron chi connectivity index (χ3n) is 11.5. The molecule has 4 heterocycles. The zero-order chi connectivity index (χ0) is 37.5. The van der Waals surface area contributed by atoms with Gasteiger partial charge in [-0.1, -0.05) is 109 Å². The predicted octanol–water partition coefficient (Wildman–Crippen LogP) is 13.3. The lowest BCUT2D eigenvalue weighted by atomic mass is 9.82. The molecular weight excluding hydrogens is 717 g/mol. The molecule has 0 amide bonds. The third-order valence-corrected chi connectivity index (χ3v) is 12.6. The van der Waals surface area contributed by atoms with Crippen molar-refractivity contribution in [2.75, 3.05) is 4.90 Å². The Labute approximate surface area is 332 Å². The number of hydrogen-bond donors (Lipinski definition) is 0. The lowest BCUT2D eigenvalue weighted by Crippen LogP contribution is -2.30. The van der Waals surface area contributed by atoms with Crippen LogP contribution in [0.2, 0.25) is 0 Å². The number of aromatic nitrogens is 3. The molecule has 268 valence electrons. The molecule has 1 aliphatic heterocycles. The maximum Gasteiger partial charge on any atom is 0.164 e. The molecule has 0 saturated carbocycles. The number of anilines is 2. The van der Waals surface area contributed by atoms with Crippen molar-refractivity contribution in [3.05, 3.63) is 193 Å². The highest BCUT2D eigenvalue weighted by molar-refractivity contribution is 7.25. The van der Waals surface area contributed by atoms with Crippen molar-refractivity contribution >= 4 is 59.9 Å². The van der Waals surface area contributed by atoms with E-state index in [2.05, 4.69) is 181 Å². The monoisotopic (exact) mass is 748 g/mol. The van der Waals surface area contributed by atoms with E-state index in [1.165, 1.54) is 42.7 Å². The number of fused-ring (bicyclic) bond motifs is 10. The molecule has 6 heteroatoms. The molecule has 12 rings (SSSR count). The van der Waals surface area contributed by atoms with Gasteiger partial charge < -0.3 is 9.32 Å². The summed E-state index contributed by atoms with van der Waals surface area (Å²) in [5, 5.41) is 3.52. The molecule has 0 spiro atoms. The number of thiophene rings is 1. The van der Waals surface area contributed by atoms with Gasteiger partial charge >= 0.3 is 0 Å². The number of nitrogens with zero attached hydrogens (tertiary/aromatic N) is 4. The molecule has 0 radical (unpaired) electrons. The van der Waals surface area contributed by atoms with Crippen LogP contribution in [0.15, 0.2) is 180 Å². The summed E-state index contributed by atoms with van der Waals surface area (Å²) in [4.78, 5) is 18.1. The Bertz CT molecular complexity index is 3220. The Morgan fingerprint density at radius 3 is 1.95 bits per heavy atom. The van der Waals surface area contributed by atoms with Crippen molar-refractivity contribution in [3.8, 4) is 45.3 Å². The Morgan fingerprint density at radius 1 is 0.491 bits per heavy atom. The van der Waals surface area contributed by atoms with E-state index in [1.807, 2.05) is 17.4 Å². The van der Waals surface area contributed by atoms with Crippen molar-refractivity contribution in [1.82, 2.24) is 15.0 Å². The van der Waals surface area contributed by atoms with Crippen molar-refractivity contribution in [2.24, 2.45) is 0 Å². The van der Waals surface area contributed by atoms with Crippen LogP contribution in [0, 0.1) is 0 Å². The number of benzene rings is 7. The fourth-order valence-electron chi connectivity index (χ4n) is 8.89. The molecule has 10 aromatic rings. The van der Waals surface area contributed by atoms with Gasteiger partial charge in [0.25, 0.3) is 0 Å². The smallest absolute Gasteiger partial charge is 0.164 e. The van der Waals surface area contributed by atoms with Gasteiger partial charge in [-0.2, -0.15) is 0 Å². The zero-order valence-corrected chi connectivity index (χ0v) is 31.4. The standard InChI is InChI=1S/C51H32N4OS/c1-3-12-31(13-4-1)32-14-11-15-33(28-32)49-52-50(54-51(53-49)35-23-27-46-39(29-35)37-18-8-10-21-45(37)57-46)34-22-25-43-40(30-34)48-44(56-43)26-24-42-47(48)38-19-7-9-20-41(38)55(42)36-16-5-2-6-17-36/h1-30,42,47H. The number of rotatable bonds is 5. The lowest BCUT2D eigenvalue weighted by molar-refractivity contribution is 0.584. The van der Waals surface area contributed by atoms with Gasteiger partial charge in [0, 0.05) is 65.1 Å². The molecule has 2 aliphatic rings. The maximum absolute atomic E-state index is 6.60. The Morgan fingerprint density at radius 2 is 1.12 bits per heavy atom. The first kappa shape index (κ1) is 32.1. The Balaban J connectivity index is 1.03. The van der Waals surface area contributed by atoms with Crippen molar-refractivity contribution in [3.63, 3.8) is 0 Å². The van der Waals surface area contributed by atoms with Gasteiger partial charge in [-0.3, -0.25) is 0 Å². The van der Waals surface area contributed by atoms with Gasteiger partial charge in [-0.05, 0) is 89.5 Å². The van der Waals surface area contributed by atoms with E-state index in [4.69, 9.17) is 19.4 Å². The van der Waals surface area contributed by atoms with E-state index < -0.39 is 0 Å². The van der Waals surface area contributed by atoms with Gasteiger partial charge in [0.1, 0.15) is 11.3 Å². The second-order valence-electron chi connectivity index (χ2n) is 14.7. The van der Waals surface area contributed by atoms with Gasteiger partial charge in [-0.25, -0.2) is 15.0 Å². The molecule has 2 unspecified atom stereocenters. The quantitative estimate of drug-likeness (QED) is 0.175. The number of para-hydroxylation sites is 2. The number of hydrogen-bond acceptors (Lipinski definition) is 6. The molecule has 0 fully saturated rings. The summed E-state index contributed by atoms with van der Waals surface area (Å²) in [6.45, 7) is 0. The predicted molar refractivity (Wildman–Crippen MR) is 234 cm³/mol. The van der Waals surface area contributed by atoms with Crippen LogP contribution in [-0.2, 0) is 0 Å². The van der Waals surface area contributed by atoms with Gasteiger partial charge in [-0.15, -0.1) is 11.3 Å². The van der Waals surface area contributed by atoms with E-state index in [0.717, 1.165) is 44.5 Å². The minimum atomic E-state index is 0.0928. The molecule has 0 saturated heterocycles. The van der Waals surface area contributed by atoms with Crippen LogP contribution in [0.4, 0.5) is 11.4 Å². The molecule has 0 N–H and O–H groups in total. The van der Waals surface area contributed by atoms with Crippen LogP contribution >= 0.6 is 11.3 Å². The molecular formula is C51H32N4OS. The average Bonchev–Trinajstić information content (AvgIpc) is 3.96. The molecule has 7 aromatic carbocycles. The molecule has 1 aliphatic carbocycles. The van der Waals surface area contributed by atoms with Gasteiger partial charge in [0.15, 0.2) is 17.5 Å². The Hall–Kier alpha value is -7.15. The van der Waals surface area contributed by atoms with Crippen LogP contribution in [0.1, 0.15) is 22.8 Å². The molecule has 3 aromatic heterocycles. The first-order chi connectivity index (χ1) is 28.2.